The molecule has 6 nitrogen and oxygen atoms in total. The molecule has 23 heavy (non-hydrogen) atoms. The van der Waals surface area contributed by atoms with Crippen LogP contribution in [0.2, 0.25) is 0 Å². The molecule has 2 aromatic carbocycles. The van der Waals surface area contributed by atoms with Gasteiger partial charge in [-0.3, -0.25) is 0 Å². The van der Waals surface area contributed by atoms with Gasteiger partial charge in [0.1, 0.15) is 0 Å². The largest absolute Gasteiger partial charge is 0.395 e. The molecule has 0 bridgehead atoms. The summed E-state index contributed by atoms with van der Waals surface area (Å²) in [5, 5.41) is 26.4. The first-order valence-corrected chi connectivity index (χ1v) is 7.45. The minimum Gasteiger partial charge on any atom is -0.395 e. The van der Waals surface area contributed by atoms with Gasteiger partial charge in [-0.2, -0.15) is 10.2 Å². The lowest BCUT2D eigenvalue weighted by atomic mass is 10.2. The summed E-state index contributed by atoms with van der Waals surface area (Å²) in [6.45, 7) is 1.09. The number of aliphatic hydroxyl groups excluding tert-OH is 2. The number of anilines is 1. The van der Waals surface area contributed by atoms with E-state index < -0.39 is 0 Å². The number of azo groups is 1. The van der Waals surface area contributed by atoms with Gasteiger partial charge < -0.3 is 20.8 Å². The van der Waals surface area contributed by atoms with Crippen molar-refractivity contribution in [3.63, 3.8) is 0 Å². The van der Waals surface area contributed by atoms with E-state index in [1.54, 1.807) is 0 Å². The van der Waals surface area contributed by atoms with Crippen molar-refractivity contribution in [2.45, 2.75) is 0 Å². The first-order chi connectivity index (χ1) is 11.3. The van der Waals surface area contributed by atoms with Crippen LogP contribution in [0.1, 0.15) is 0 Å². The van der Waals surface area contributed by atoms with Crippen molar-refractivity contribution < 1.29 is 10.2 Å². The molecule has 0 spiro atoms. The van der Waals surface area contributed by atoms with Crippen molar-refractivity contribution in [2.24, 2.45) is 16.0 Å². The molecule has 0 saturated carbocycles. The molecule has 4 N–H and O–H groups in total. The predicted molar refractivity (Wildman–Crippen MR) is 93.6 cm³/mol. The molecule has 0 aliphatic carbocycles. The second-order valence-corrected chi connectivity index (χ2v) is 4.49. The highest BCUT2D eigenvalue weighted by Gasteiger charge is 2.04. The van der Waals surface area contributed by atoms with Gasteiger partial charge in [0.15, 0.2) is 0 Å². The highest BCUT2D eigenvalue weighted by molar-refractivity contribution is 5.53. The standard InChI is InChI=1S/C16H19N3O2.CH5N/c20-12-10-19(11-13-21)16-8-6-15(7-9-16)18-17-14-4-2-1-3-5-14;1-2/h1-9,20-21H,10-13H2;2H2,1H3. The van der Waals surface area contributed by atoms with E-state index in [1.165, 1.54) is 7.05 Å². The molecule has 0 saturated heterocycles. The van der Waals surface area contributed by atoms with Gasteiger partial charge in [0, 0.05) is 18.8 Å². The van der Waals surface area contributed by atoms with E-state index in [1.807, 2.05) is 59.5 Å². The Morgan fingerprint density at radius 3 is 1.74 bits per heavy atom. The van der Waals surface area contributed by atoms with Crippen LogP contribution in [-0.2, 0) is 0 Å². The molecule has 2 rings (SSSR count). The van der Waals surface area contributed by atoms with Gasteiger partial charge in [-0.05, 0) is 43.4 Å². The predicted octanol–water partition coefficient (Wildman–Crippen LogP) is 2.47. The van der Waals surface area contributed by atoms with Crippen LogP contribution >= 0.6 is 0 Å². The fourth-order valence-electron chi connectivity index (χ4n) is 1.95. The van der Waals surface area contributed by atoms with Crippen molar-refractivity contribution >= 4 is 17.1 Å². The van der Waals surface area contributed by atoms with E-state index in [9.17, 15) is 0 Å². The van der Waals surface area contributed by atoms with E-state index in [-0.39, 0.29) is 13.2 Å². The normalized spacial score (nSPS) is 10.3. The van der Waals surface area contributed by atoms with E-state index in [2.05, 4.69) is 16.0 Å². The summed E-state index contributed by atoms with van der Waals surface area (Å²) in [5.41, 5.74) is 7.01. The van der Waals surface area contributed by atoms with Gasteiger partial charge in [-0.1, -0.05) is 18.2 Å². The molecule has 0 radical (unpaired) electrons. The van der Waals surface area contributed by atoms with Gasteiger partial charge in [0.25, 0.3) is 0 Å². The highest BCUT2D eigenvalue weighted by atomic mass is 16.3. The lowest BCUT2D eigenvalue weighted by Gasteiger charge is -2.22. The van der Waals surface area contributed by atoms with E-state index in [0.717, 1.165) is 17.1 Å². The van der Waals surface area contributed by atoms with Crippen LogP contribution in [0.4, 0.5) is 17.1 Å². The number of rotatable bonds is 7. The number of benzene rings is 2. The number of hydrogen-bond acceptors (Lipinski definition) is 6. The molecule has 0 aliphatic heterocycles. The molecular formula is C17H24N4O2. The fraction of sp³-hybridized carbons (Fsp3) is 0.294. The zero-order valence-corrected chi connectivity index (χ0v) is 13.3. The molecule has 124 valence electrons. The molecule has 0 aromatic heterocycles. The second-order valence-electron chi connectivity index (χ2n) is 4.49. The van der Waals surface area contributed by atoms with Crippen molar-refractivity contribution in [1.82, 2.24) is 0 Å². The SMILES string of the molecule is CN.OCCN(CCO)c1ccc(N=Nc2ccccc2)cc1. The van der Waals surface area contributed by atoms with Crippen molar-refractivity contribution in [3.8, 4) is 0 Å². The van der Waals surface area contributed by atoms with Crippen molar-refractivity contribution in [1.29, 1.82) is 0 Å². The Balaban J connectivity index is 0.00000127. The Labute approximate surface area is 136 Å². The summed E-state index contributed by atoms with van der Waals surface area (Å²) < 4.78 is 0. The summed E-state index contributed by atoms with van der Waals surface area (Å²) >= 11 is 0. The summed E-state index contributed by atoms with van der Waals surface area (Å²) in [4.78, 5) is 1.91. The Morgan fingerprint density at radius 1 is 0.783 bits per heavy atom. The van der Waals surface area contributed by atoms with Gasteiger partial charge in [0.05, 0.1) is 24.6 Å². The minimum atomic E-state index is 0.0511. The van der Waals surface area contributed by atoms with Crippen molar-refractivity contribution in [2.75, 3.05) is 38.3 Å². The average molecular weight is 316 g/mol. The van der Waals surface area contributed by atoms with Crippen LogP contribution < -0.4 is 10.6 Å². The Morgan fingerprint density at radius 2 is 1.26 bits per heavy atom. The third-order valence-electron chi connectivity index (χ3n) is 2.99. The van der Waals surface area contributed by atoms with E-state index in [0.29, 0.717) is 13.1 Å². The Kier molecular flexibility index (Phi) is 9.23. The topological polar surface area (TPSA) is 94.4 Å². The molecule has 0 fully saturated rings. The molecule has 6 heteroatoms. The lowest BCUT2D eigenvalue weighted by molar-refractivity contribution is 0.281. The molecule has 0 heterocycles. The zero-order valence-electron chi connectivity index (χ0n) is 13.3. The lowest BCUT2D eigenvalue weighted by Crippen LogP contribution is -2.29. The van der Waals surface area contributed by atoms with Gasteiger partial charge >= 0.3 is 0 Å². The zero-order chi connectivity index (χ0) is 16.9. The van der Waals surface area contributed by atoms with Crippen LogP contribution in [0.3, 0.4) is 0 Å². The monoisotopic (exact) mass is 316 g/mol. The van der Waals surface area contributed by atoms with Crippen molar-refractivity contribution in [3.05, 3.63) is 54.6 Å². The maximum absolute atomic E-state index is 9.03. The number of hydrogen-bond donors (Lipinski definition) is 3. The van der Waals surface area contributed by atoms with E-state index >= 15 is 0 Å². The van der Waals surface area contributed by atoms with Gasteiger partial charge in [0.2, 0.25) is 0 Å². The fourth-order valence-corrected chi connectivity index (χ4v) is 1.95. The molecule has 0 unspecified atom stereocenters. The van der Waals surface area contributed by atoms with Crippen LogP contribution in [0.5, 0.6) is 0 Å². The summed E-state index contributed by atoms with van der Waals surface area (Å²) in [7, 11) is 1.50. The molecule has 0 atom stereocenters. The summed E-state index contributed by atoms with van der Waals surface area (Å²) in [6.07, 6.45) is 0. The number of nitrogens with two attached hydrogens (primary N) is 1. The average Bonchev–Trinajstić information content (AvgIpc) is 2.63. The summed E-state index contributed by atoms with van der Waals surface area (Å²) in [5.74, 6) is 0. The smallest absolute Gasteiger partial charge is 0.0858 e. The number of aliphatic hydroxyl groups is 2. The van der Waals surface area contributed by atoms with Gasteiger partial charge in [-0.25, -0.2) is 0 Å². The van der Waals surface area contributed by atoms with Crippen LogP contribution in [0, 0.1) is 0 Å². The number of nitrogens with zero attached hydrogens (tertiary/aromatic N) is 3. The highest BCUT2D eigenvalue weighted by Crippen LogP contribution is 2.22. The Bertz CT molecular complexity index is 553. The minimum absolute atomic E-state index is 0.0511. The third-order valence-corrected chi connectivity index (χ3v) is 2.99. The second kappa shape index (κ2) is 11.3. The van der Waals surface area contributed by atoms with Crippen LogP contribution in [-0.4, -0.2) is 43.6 Å². The molecule has 0 aliphatic rings. The third kappa shape index (κ3) is 6.56. The Hall–Kier alpha value is -2.28. The molecular weight excluding hydrogens is 292 g/mol. The maximum atomic E-state index is 9.03. The van der Waals surface area contributed by atoms with Crippen LogP contribution in [0.15, 0.2) is 64.8 Å². The first-order valence-electron chi connectivity index (χ1n) is 7.45. The maximum Gasteiger partial charge on any atom is 0.0858 e. The van der Waals surface area contributed by atoms with Gasteiger partial charge in [-0.15, -0.1) is 0 Å². The summed E-state index contributed by atoms with van der Waals surface area (Å²) in [6, 6.07) is 17.1. The first kappa shape index (κ1) is 18.8. The molecule has 0 amide bonds. The van der Waals surface area contributed by atoms with Crippen LogP contribution in [0.25, 0.3) is 0 Å². The molecule has 2 aromatic rings. The quantitative estimate of drug-likeness (QED) is 0.684. The van der Waals surface area contributed by atoms with E-state index in [4.69, 9.17) is 10.2 Å².